The predicted molar refractivity (Wildman–Crippen MR) is 582 cm³/mol. The van der Waals surface area contributed by atoms with E-state index in [-0.39, 0.29) is 21.7 Å². The van der Waals surface area contributed by atoms with Gasteiger partial charge in [0.1, 0.15) is 0 Å². The Morgan fingerprint density at radius 3 is 1.01 bits per heavy atom. The van der Waals surface area contributed by atoms with Crippen LogP contribution in [0.5, 0.6) is 0 Å². The lowest BCUT2D eigenvalue weighted by Gasteiger charge is -2.21. The first kappa shape index (κ1) is 75.9. The molecular formula is C132H89N5. The molecule has 0 radical (unpaired) electrons. The second kappa shape index (κ2) is 26.3. The fraction of sp³-hybridized carbons (Fsp3) is 0.0909. The molecule has 5 nitrogen and oxygen atoms in total. The van der Waals surface area contributed by atoms with Crippen molar-refractivity contribution in [1.29, 1.82) is 0 Å². The Morgan fingerprint density at radius 2 is 0.474 bits per heavy atom. The number of rotatable bonds is 1. The molecule has 0 unspecified atom stereocenters. The Balaban J connectivity index is 0.0000000853. The fourth-order valence-electron chi connectivity index (χ4n) is 27.3. The molecule has 9 aromatic heterocycles. The van der Waals surface area contributed by atoms with Gasteiger partial charge in [-0.25, -0.2) is 0 Å². The number of para-hydroxylation sites is 6. The summed E-state index contributed by atoms with van der Waals surface area (Å²) in [6.07, 6.45) is 0. The molecule has 0 amide bonds. The number of benzene rings is 21. The van der Waals surface area contributed by atoms with Crippen molar-refractivity contribution in [3.8, 4) is 50.2 Å². The first-order valence-corrected chi connectivity index (χ1v) is 48.6. The summed E-state index contributed by atoms with van der Waals surface area (Å²) in [5.41, 5.74) is 42.0. The van der Waals surface area contributed by atoms with Crippen LogP contribution in [-0.4, -0.2) is 22.2 Å². The van der Waals surface area contributed by atoms with Crippen molar-refractivity contribution < 1.29 is 0 Å². The molecule has 30 aromatic rings. The van der Waals surface area contributed by atoms with E-state index in [1.165, 1.54) is 301 Å². The summed E-state index contributed by atoms with van der Waals surface area (Å²) >= 11 is 0. The molecule has 34 rings (SSSR count). The largest absolute Gasteiger partial charge is 0.309 e. The van der Waals surface area contributed by atoms with Crippen LogP contribution >= 0.6 is 0 Å². The summed E-state index contributed by atoms with van der Waals surface area (Å²) in [5.74, 6) is 0. The number of hydrogen-bond acceptors (Lipinski definition) is 0. The molecule has 0 saturated heterocycles. The quantitative estimate of drug-likeness (QED) is 0.156. The van der Waals surface area contributed by atoms with E-state index in [9.17, 15) is 0 Å². The van der Waals surface area contributed by atoms with Gasteiger partial charge in [-0.15, -0.1) is 0 Å². The van der Waals surface area contributed by atoms with Crippen LogP contribution in [-0.2, 0) is 21.7 Å². The third-order valence-electron chi connectivity index (χ3n) is 33.5. The minimum absolute atomic E-state index is 0.00395. The Bertz CT molecular complexity index is 10500. The van der Waals surface area contributed by atoms with Crippen molar-refractivity contribution in [3.63, 3.8) is 0 Å². The molecule has 0 aliphatic heterocycles. The molecule has 0 fully saturated rings. The standard InChI is InChI=1S/C39H26N2.3C31H21N/c1-39(2)31-17-9-6-14-24(31)27-22-35-28(21-32(27)39)30-20-29-25-15-7-10-18-33(25)40(23-12-4-3-5-13-23)37(29)36-26-16-8-11-19-34(26)41(35)38(30)36;1-31(2)25-13-7-5-11-20(25)22-17-28-24(16-26(22)31)29-19-10-4-3-9-18(19)15-23-21-12-6-8-14-27(21)32(28)30(23)29;1-31(2)26-13-6-5-10-20(26)23-17-29-25(16-27(23)31)22-12-7-11-21-24-14-18-8-3-4-9-19(18)15-28(24)32(29)30(21)22;1-31(2)25-13-6-5-10-20(25)23-17-28-24(16-26(23)31)21-11-7-12-22-29-19-9-4-3-8-18(19)14-15-27(29)32(28)30(21)22/h3-22H,1-2H3;3*3-17H,1-2H3. The van der Waals surface area contributed by atoms with Crippen molar-refractivity contribution in [2.24, 2.45) is 0 Å². The van der Waals surface area contributed by atoms with Crippen molar-refractivity contribution in [2.75, 3.05) is 0 Å². The number of fused-ring (bicyclic) bond motifs is 45. The zero-order valence-electron chi connectivity index (χ0n) is 77.3. The van der Waals surface area contributed by atoms with E-state index in [1.54, 1.807) is 0 Å². The van der Waals surface area contributed by atoms with Crippen LogP contribution in [0, 0.1) is 0 Å². The van der Waals surface area contributed by atoms with E-state index >= 15 is 0 Å². The first-order chi connectivity index (χ1) is 67.0. The summed E-state index contributed by atoms with van der Waals surface area (Å²) in [5, 5.41) is 32.1. The SMILES string of the molecule is CC1(C)c2ccccc2-c2cc3c(cc21)c1c2ccccc2cc2c4ccccc4n3c21.CC1(C)c2ccccc2-c2cc3c(cc21)c1cc2c4ccccc4n(-c4ccccc4)c2c2c4ccccc4n3c12.CC1(C)c2ccccc2-c2cc3c(cc21)c1cccc2c4c5ccccc5ccc4n3c12.CC1(C)c2ccccc2-c2cc3c(cc21)c1cccc2c4cc5ccccc5cc4n3c12. The van der Waals surface area contributed by atoms with E-state index in [4.69, 9.17) is 0 Å². The molecule has 137 heavy (non-hydrogen) atoms. The van der Waals surface area contributed by atoms with Crippen LogP contribution in [0.25, 0.3) is 257 Å². The average molecular weight is 1750 g/mol. The average Bonchev–Trinajstić information content (AvgIpc) is 1.52. The highest BCUT2D eigenvalue weighted by molar-refractivity contribution is 6.37. The Labute approximate surface area is 789 Å². The molecule has 21 aromatic carbocycles. The maximum absolute atomic E-state index is 2.54. The molecule has 642 valence electrons. The lowest BCUT2D eigenvalue weighted by molar-refractivity contribution is 0.661. The van der Waals surface area contributed by atoms with E-state index in [2.05, 4.69) is 472 Å². The number of nitrogens with zero attached hydrogens (tertiary/aromatic N) is 5. The third-order valence-corrected chi connectivity index (χ3v) is 33.5. The first-order valence-electron chi connectivity index (χ1n) is 48.6. The van der Waals surface area contributed by atoms with Gasteiger partial charge in [-0.05, 0) is 231 Å². The molecule has 4 aliphatic rings. The molecule has 0 N–H and O–H groups in total. The van der Waals surface area contributed by atoms with Crippen LogP contribution < -0.4 is 0 Å². The van der Waals surface area contributed by atoms with Gasteiger partial charge in [-0.1, -0.05) is 341 Å². The van der Waals surface area contributed by atoms with Crippen molar-refractivity contribution in [2.45, 2.75) is 77.0 Å². The van der Waals surface area contributed by atoms with E-state index in [0.717, 1.165) is 0 Å². The van der Waals surface area contributed by atoms with Gasteiger partial charge < -0.3 is 22.2 Å². The Morgan fingerprint density at radius 1 is 0.146 bits per heavy atom. The molecule has 0 bridgehead atoms. The summed E-state index contributed by atoms with van der Waals surface area (Å²) < 4.78 is 12.5. The third kappa shape index (κ3) is 9.58. The van der Waals surface area contributed by atoms with Crippen molar-refractivity contribution in [3.05, 3.63) is 439 Å². The molecule has 9 heterocycles. The molecule has 5 heteroatoms. The van der Waals surface area contributed by atoms with Crippen LogP contribution in [0.3, 0.4) is 0 Å². The highest BCUT2D eigenvalue weighted by Crippen LogP contribution is 2.59. The topological polar surface area (TPSA) is 22.6 Å². The van der Waals surface area contributed by atoms with Gasteiger partial charge >= 0.3 is 0 Å². The summed E-state index contributed by atoms with van der Waals surface area (Å²) in [6.45, 7) is 18.9. The van der Waals surface area contributed by atoms with Gasteiger partial charge in [0.2, 0.25) is 0 Å². The highest BCUT2D eigenvalue weighted by atomic mass is 15.0. The van der Waals surface area contributed by atoms with E-state index in [1.807, 2.05) is 0 Å². The van der Waals surface area contributed by atoms with Gasteiger partial charge in [-0.2, -0.15) is 0 Å². The lowest BCUT2D eigenvalue weighted by atomic mass is 9.82. The van der Waals surface area contributed by atoms with Crippen molar-refractivity contribution >= 4 is 207 Å². The minimum Gasteiger partial charge on any atom is -0.309 e. The van der Waals surface area contributed by atoms with Crippen molar-refractivity contribution in [1.82, 2.24) is 22.2 Å². The number of hydrogen-bond donors (Lipinski definition) is 0. The van der Waals surface area contributed by atoms with Gasteiger partial charge in [-0.3, -0.25) is 0 Å². The summed E-state index contributed by atoms with van der Waals surface area (Å²) in [6, 6.07) is 147. The highest BCUT2D eigenvalue weighted by Gasteiger charge is 2.42. The van der Waals surface area contributed by atoms with E-state index < -0.39 is 0 Å². The van der Waals surface area contributed by atoms with E-state index in [0.29, 0.717) is 0 Å². The zero-order chi connectivity index (χ0) is 90.6. The number of aromatic nitrogens is 5. The van der Waals surface area contributed by atoms with Crippen LogP contribution in [0.2, 0.25) is 0 Å². The molecule has 4 aliphatic carbocycles. The smallest absolute Gasteiger partial charge is 0.0642 e. The van der Waals surface area contributed by atoms with Crippen LogP contribution in [0.4, 0.5) is 0 Å². The minimum atomic E-state index is -0.0349. The van der Waals surface area contributed by atoms with Gasteiger partial charge in [0.15, 0.2) is 0 Å². The second-order valence-corrected chi connectivity index (χ2v) is 41.6. The molecular weight excluding hydrogens is 1660 g/mol. The van der Waals surface area contributed by atoms with Crippen LogP contribution in [0.1, 0.15) is 99.9 Å². The second-order valence-electron chi connectivity index (χ2n) is 41.6. The zero-order valence-corrected chi connectivity index (χ0v) is 77.3. The monoisotopic (exact) mass is 1740 g/mol. The molecule has 0 atom stereocenters. The molecule has 0 saturated carbocycles. The maximum Gasteiger partial charge on any atom is 0.0642 e. The van der Waals surface area contributed by atoms with Crippen LogP contribution in [0.15, 0.2) is 394 Å². The van der Waals surface area contributed by atoms with Gasteiger partial charge in [0.25, 0.3) is 0 Å². The molecule has 0 spiro atoms. The van der Waals surface area contributed by atoms with Gasteiger partial charge in [0, 0.05) is 124 Å². The maximum atomic E-state index is 2.54. The Hall–Kier alpha value is -16.6. The normalized spacial score (nSPS) is 14.7. The fourth-order valence-corrected chi connectivity index (χ4v) is 27.3. The predicted octanol–water partition coefficient (Wildman–Crippen LogP) is 35.1. The Kier molecular flexibility index (Phi) is 14.6. The summed E-state index contributed by atoms with van der Waals surface area (Å²) in [4.78, 5) is 0. The summed E-state index contributed by atoms with van der Waals surface area (Å²) in [7, 11) is 0. The lowest BCUT2D eigenvalue weighted by Crippen LogP contribution is -2.14. The van der Waals surface area contributed by atoms with Gasteiger partial charge in [0.05, 0.1) is 77.2 Å².